The van der Waals surface area contributed by atoms with Crippen molar-refractivity contribution in [2.45, 2.75) is 39.3 Å². The molecule has 1 fully saturated rings. The van der Waals surface area contributed by atoms with E-state index >= 15 is 0 Å². The number of likely N-dealkylation sites (tertiary alicyclic amines) is 1. The van der Waals surface area contributed by atoms with E-state index in [2.05, 4.69) is 25.4 Å². The molecule has 0 unspecified atom stereocenters. The number of pyridine rings is 1. The van der Waals surface area contributed by atoms with Gasteiger partial charge in [0.25, 0.3) is 5.56 Å². The molecule has 1 saturated heterocycles. The molecule has 1 atom stereocenters. The number of carbonyl (C=O) groups excluding carboxylic acids is 1. The Balaban J connectivity index is 1.55. The van der Waals surface area contributed by atoms with Gasteiger partial charge < -0.3 is 9.72 Å². The molecule has 5 rings (SSSR count). The first-order chi connectivity index (χ1) is 17.5. The van der Waals surface area contributed by atoms with E-state index in [1.807, 2.05) is 68.4 Å². The van der Waals surface area contributed by atoms with Crippen molar-refractivity contribution in [1.82, 2.24) is 30.1 Å². The normalized spacial score (nSPS) is 15.7. The third kappa shape index (κ3) is 4.79. The Kier molecular flexibility index (Phi) is 6.90. The van der Waals surface area contributed by atoms with E-state index in [0.29, 0.717) is 50.5 Å². The van der Waals surface area contributed by atoms with Crippen LogP contribution in [0.3, 0.4) is 0 Å². The van der Waals surface area contributed by atoms with E-state index < -0.39 is 6.04 Å². The second kappa shape index (κ2) is 10.4. The number of nitrogens with one attached hydrogen (secondary N) is 1. The van der Waals surface area contributed by atoms with Crippen LogP contribution in [0, 0.1) is 12.8 Å². The molecule has 36 heavy (non-hydrogen) atoms. The molecule has 0 saturated carbocycles. The largest absolute Gasteiger partial charge is 0.466 e. The van der Waals surface area contributed by atoms with Crippen LogP contribution in [-0.4, -0.2) is 55.8 Å². The predicted molar refractivity (Wildman–Crippen MR) is 135 cm³/mol. The van der Waals surface area contributed by atoms with Crippen molar-refractivity contribution in [3.8, 4) is 0 Å². The summed E-state index contributed by atoms with van der Waals surface area (Å²) in [5, 5.41) is 13.6. The molecule has 9 nitrogen and oxygen atoms in total. The summed E-state index contributed by atoms with van der Waals surface area (Å²) in [6.45, 7) is 5.92. The SMILES string of the molecule is CCOC(=O)C1CCN([C@H](c2cc3cccc(C)c3[nH]c2=O)c2nnnn2Cc2ccccc2)CC1. The number of H-pyrrole nitrogens is 1. The number of aromatic nitrogens is 5. The summed E-state index contributed by atoms with van der Waals surface area (Å²) in [6, 6.07) is 17.4. The third-order valence-corrected chi connectivity index (χ3v) is 6.91. The topological polar surface area (TPSA) is 106 Å². The van der Waals surface area contributed by atoms with Gasteiger partial charge in [-0.15, -0.1) is 5.10 Å². The second-order valence-corrected chi connectivity index (χ2v) is 9.24. The zero-order valence-electron chi connectivity index (χ0n) is 20.6. The van der Waals surface area contributed by atoms with Gasteiger partial charge in [-0.2, -0.15) is 0 Å². The number of rotatable bonds is 7. The van der Waals surface area contributed by atoms with Gasteiger partial charge in [-0.25, -0.2) is 4.68 Å². The van der Waals surface area contributed by atoms with Gasteiger partial charge in [-0.05, 0) is 59.7 Å². The molecule has 2 aromatic carbocycles. The molecule has 0 bridgehead atoms. The van der Waals surface area contributed by atoms with Gasteiger partial charge in [0.15, 0.2) is 5.82 Å². The Morgan fingerprint density at radius 2 is 1.92 bits per heavy atom. The lowest BCUT2D eigenvalue weighted by molar-refractivity contribution is -0.149. The average molecular weight is 487 g/mol. The molecule has 2 aromatic heterocycles. The van der Waals surface area contributed by atoms with Crippen molar-refractivity contribution in [1.29, 1.82) is 0 Å². The number of carbonyl (C=O) groups is 1. The van der Waals surface area contributed by atoms with Gasteiger partial charge >= 0.3 is 5.97 Å². The fourth-order valence-corrected chi connectivity index (χ4v) is 5.03. The van der Waals surface area contributed by atoms with Crippen molar-refractivity contribution in [2.24, 2.45) is 5.92 Å². The lowest BCUT2D eigenvalue weighted by Crippen LogP contribution is -2.42. The number of benzene rings is 2. The zero-order chi connectivity index (χ0) is 25.1. The molecular weight excluding hydrogens is 456 g/mol. The quantitative estimate of drug-likeness (QED) is 0.400. The second-order valence-electron chi connectivity index (χ2n) is 9.24. The van der Waals surface area contributed by atoms with Crippen LogP contribution < -0.4 is 5.56 Å². The number of esters is 1. The minimum Gasteiger partial charge on any atom is -0.466 e. The maximum absolute atomic E-state index is 13.5. The maximum Gasteiger partial charge on any atom is 0.309 e. The first-order valence-corrected chi connectivity index (χ1v) is 12.4. The van der Waals surface area contributed by atoms with Crippen LogP contribution in [-0.2, 0) is 16.1 Å². The fraction of sp³-hybridized carbons (Fsp3) is 0.370. The highest BCUT2D eigenvalue weighted by atomic mass is 16.5. The van der Waals surface area contributed by atoms with Crippen molar-refractivity contribution >= 4 is 16.9 Å². The molecule has 1 N–H and O–H groups in total. The summed E-state index contributed by atoms with van der Waals surface area (Å²) < 4.78 is 7.01. The van der Waals surface area contributed by atoms with Gasteiger partial charge in [-0.1, -0.05) is 48.5 Å². The van der Waals surface area contributed by atoms with Crippen molar-refractivity contribution < 1.29 is 9.53 Å². The van der Waals surface area contributed by atoms with Crippen LogP contribution in [0.4, 0.5) is 0 Å². The van der Waals surface area contributed by atoms with E-state index in [-0.39, 0.29) is 17.4 Å². The molecule has 9 heteroatoms. The summed E-state index contributed by atoms with van der Waals surface area (Å²) in [4.78, 5) is 31.1. The predicted octanol–water partition coefficient (Wildman–Crippen LogP) is 3.24. The van der Waals surface area contributed by atoms with Crippen LogP contribution in [0.15, 0.2) is 59.4 Å². The van der Waals surface area contributed by atoms with Gasteiger partial charge in [0.1, 0.15) is 6.04 Å². The average Bonchev–Trinajstić information content (AvgIpc) is 3.34. The minimum atomic E-state index is -0.458. The van der Waals surface area contributed by atoms with Crippen LogP contribution in [0.25, 0.3) is 10.9 Å². The number of fused-ring (bicyclic) bond motifs is 1. The molecule has 186 valence electrons. The number of aryl methyl sites for hydroxylation is 1. The molecule has 0 aliphatic carbocycles. The number of piperidine rings is 1. The molecule has 3 heterocycles. The van der Waals surface area contributed by atoms with Gasteiger partial charge in [0.2, 0.25) is 0 Å². The molecular formula is C27H30N6O3. The molecule has 0 spiro atoms. The van der Waals surface area contributed by atoms with Crippen molar-refractivity contribution in [3.63, 3.8) is 0 Å². The highest BCUT2D eigenvalue weighted by molar-refractivity contribution is 5.82. The van der Waals surface area contributed by atoms with E-state index in [1.54, 1.807) is 4.68 Å². The number of ether oxygens (including phenoxy) is 1. The van der Waals surface area contributed by atoms with E-state index in [4.69, 9.17) is 4.74 Å². The summed E-state index contributed by atoms with van der Waals surface area (Å²) in [7, 11) is 0. The molecule has 0 amide bonds. The first kappa shape index (κ1) is 23.9. The van der Waals surface area contributed by atoms with E-state index in [0.717, 1.165) is 22.0 Å². The number of hydrogen-bond acceptors (Lipinski definition) is 7. The maximum atomic E-state index is 13.5. The minimum absolute atomic E-state index is 0.139. The summed E-state index contributed by atoms with van der Waals surface area (Å²) in [5.74, 6) is 0.312. The first-order valence-electron chi connectivity index (χ1n) is 12.4. The Hall–Kier alpha value is -3.85. The monoisotopic (exact) mass is 486 g/mol. The fourth-order valence-electron chi connectivity index (χ4n) is 5.03. The van der Waals surface area contributed by atoms with E-state index in [1.165, 1.54) is 0 Å². The van der Waals surface area contributed by atoms with Gasteiger partial charge in [-0.3, -0.25) is 14.5 Å². The number of hydrogen-bond donors (Lipinski definition) is 1. The van der Waals surface area contributed by atoms with Crippen LogP contribution in [0.1, 0.15) is 48.3 Å². The van der Waals surface area contributed by atoms with Gasteiger partial charge in [0.05, 0.1) is 24.6 Å². The number of nitrogens with zero attached hydrogens (tertiary/aromatic N) is 5. The van der Waals surface area contributed by atoms with Crippen LogP contribution >= 0.6 is 0 Å². The molecule has 4 aromatic rings. The number of para-hydroxylation sites is 1. The summed E-state index contributed by atoms with van der Waals surface area (Å²) in [6.07, 6.45) is 1.31. The van der Waals surface area contributed by atoms with Crippen LogP contribution in [0.2, 0.25) is 0 Å². The smallest absolute Gasteiger partial charge is 0.309 e. The Bertz CT molecular complexity index is 1410. The molecule has 1 aliphatic rings. The Morgan fingerprint density at radius 3 is 2.67 bits per heavy atom. The highest BCUT2D eigenvalue weighted by Gasteiger charge is 2.35. The van der Waals surface area contributed by atoms with Crippen molar-refractivity contribution in [2.75, 3.05) is 19.7 Å². The lowest BCUT2D eigenvalue weighted by Gasteiger charge is -2.36. The third-order valence-electron chi connectivity index (χ3n) is 6.91. The van der Waals surface area contributed by atoms with Crippen molar-refractivity contribution in [3.05, 3.63) is 87.5 Å². The van der Waals surface area contributed by atoms with Crippen LogP contribution in [0.5, 0.6) is 0 Å². The molecule has 0 radical (unpaired) electrons. The zero-order valence-corrected chi connectivity index (χ0v) is 20.6. The summed E-state index contributed by atoms with van der Waals surface area (Å²) in [5.41, 5.74) is 3.33. The summed E-state index contributed by atoms with van der Waals surface area (Å²) >= 11 is 0. The number of aromatic amines is 1. The standard InChI is InChI=1S/C27H30N6O3/c1-3-36-27(35)20-12-14-32(15-13-20)24(22-16-21-11-7-8-18(2)23(21)28-26(22)34)25-29-30-31-33(25)17-19-9-5-4-6-10-19/h4-11,16,20,24H,3,12-15,17H2,1-2H3,(H,28,34)/t24-/m1/s1. The van der Waals surface area contributed by atoms with Gasteiger partial charge in [0, 0.05) is 18.7 Å². The highest BCUT2D eigenvalue weighted by Crippen LogP contribution is 2.31. The number of tetrazole rings is 1. The lowest BCUT2D eigenvalue weighted by atomic mass is 9.93. The van der Waals surface area contributed by atoms with E-state index in [9.17, 15) is 9.59 Å². The Labute approximate surface area is 209 Å². The molecule has 1 aliphatic heterocycles. The Morgan fingerprint density at radius 1 is 1.14 bits per heavy atom.